The van der Waals surface area contributed by atoms with Gasteiger partial charge in [-0.05, 0) is 25.1 Å². The highest BCUT2D eigenvalue weighted by Gasteiger charge is 2.25. The van der Waals surface area contributed by atoms with Crippen LogP contribution in [0.2, 0.25) is 0 Å². The van der Waals surface area contributed by atoms with Gasteiger partial charge in [0.15, 0.2) is 6.10 Å². The summed E-state index contributed by atoms with van der Waals surface area (Å²) in [6, 6.07) is 4.58. The number of ether oxygens (including phenoxy) is 1. The molecule has 1 aromatic carbocycles. The number of rotatable bonds is 3. The van der Waals surface area contributed by atoms with Gasteiger partial charge in [-0.15, -0.1) is 0 Å². The van der Waals surface area contributed by atoms with E-state index in [0.717, 1.165) is 4.90 Å². The average molecular weight is 278 g/mol. The summed E-state index contributed by atoms with van der Waals surface area (Å²) in [6.07, 6.45) is -0.585. The topological polar surface area (TPSA) is 95.9 Å². The number of benzene rings is 1. The first-order valence-electron chi connectivity index (χ1n) is 5.97. The Morgan fingerprint density at radius 1 is 1.45 bits per heavy atom. The third-order valence-electron chi connectivity index (χ3n) is 2.88. The number of carbonyl (C=O) groups excluding carboxylic acids is 2. The Bertz CT molecular complexity index is 584. The minimum Gasteiger partial charge on any atom is -0.480 e. The summed E-state index contributed by atoms with van der Waals surface area (Å²) in [5, 5.41) is 11.3. The molecule has 1 heterocycles. The van der Waals surface area contributed by atoms with Crippen LogP contribution in [0.3, 0.4) is 0 Å². The van der Waals surface area contributed by atoms with Gasteiger partial charge in [0.2, 0.25) is 0 Å². The van der Waals surface area contributed by atoms with E-state index in [1.165, 1.54) is 19.2 Å². The van der Waals surface area contributed by atoms with Crippen molar-refractivity contribution in [3.05, 3.63) is 23.8 Å². The number of anilines is 1. The lowest BCUT2D eigenvalue weighted by Gasteiger charge is -2.24. The van der Waals surface area contributed by atoms with E-state index >= 15 is 0 Å². The average Bonchev–Trinajstić information content (AvgIpc) is 2.38. The lowest BCUT2D eigenvalue weighted by molar-refractivity contribution is -0.137. The number of nitrogens with zero attached hydrogens (tertiary/aromatic N) is 1. The van der Waals surface area contributed by atoms with Gasteiger partial charge in [-0.3, -0.25) is 14.4 Å². The van der Waals surface area contributed by atoms with Gasteiger partial charge in [-0.2, -0.15) is 0 Å². The zero-order valence-corrected chi connectivity index (χ0v) is 11.0. The molecule has 0 spiro atoms. The lowest BCUT2D eigenvalue weighted by Crippen LogP contribution is -2.35. The largest absolute Gasteiger partial charge is 0.480 e. The minimum atomic E-state index is -1.09. The second-order valence-corrected chi connectivity index (χ2v) is 4.52. The molecule has 20 heavy (non-hydrogen) atoms. The minimum absolute atomic E-state index is 0.283. The van der Waals surface area contributed by atoms with Crippen molar-refractivity contribution in [3.63, 3.8) is 0 Å². The van der Waals surface area contributed by atoms with Gasteiger partial charge in [0.1, 0.15) is 12.3 Å². The van der Waals surface area contributed by atoms with Gasteiger partial charge in [0.05, 0.1) is 5.69 Å². The van der Waals surface area contributed by atoms with Crippen LogP contribution in [0.15, 0.2) is 18.2 Å². The Kier molecular flexibility index (Phi) is 3.60. The number of hydrogen-bond acceptors (Lipinski definition) is 4. The van der Waals surface area contributed by atoms with Crippen molar-refractivity contribution in [1.82, 2.24) is 4.90 Å². The summed E-state index contributed by atoms with van der Waals surface area (Å²) < 4.78 is 5.37. The molecule has 0 bridgehead atoms. The first-order chi connectivity index (χ1) is 9.38. The van der Waals surface area contributed by atoms with Gasteiger partial charge >= 0.3 is 5.97 Å². The second kappa shape index (κ2) is 5.20. The molecular formula is C13H14N2O5. The van der Waals surface area contributed by atoms with Crippen molar-refractivity contribution in [2.24, 2.45) is 0 Å². The third-order valence-corrected chi connectivity index (χ3v) is 2.88. The van der Waals surface area contributed by atoms with E-state index in [0.29, 0.717) is 11.4 Å². The zero-order valence-electron chi connectivity index (χ0n) is 11.0. The molecule has 2 rings (SSSR count). The number of amides is 2. The normalized spacial score (nSPS) is 16.7. The number of hydrogen-bond donors (Lipinski definition) is 2. The third kappa shape index (κ3) is 2.71. The molecule has 7 nitrogen and oxygen atoms in total. The summed E-state index contributed by atoms with van der Waals surface area (Å²) in [6.45, 7) is 1.23. The number of carboxylic acid groups (broad SMARTS) is 1. The first kappa shape index (κ1) is 13.9. The number of carbonyl (C=O) groups is 3. The van der Waals surface area contributed by atoms with Gasteiger partial charge in [-0.1, -0.05) is 0 Å². The van der Waals surface area contributed by atoms with E-state index in [2.05, 4.69) is 5.32 Å². The van der Waals surface area contributed by atoms with Crippen LogP contribution in [0.4, 0.5) is 5.69 Å². The van der Waals surface area contributed by atoms with Crippen LogP contribution in [0.5, 0.6) is 5.75 Å². The van der Waals surface area contributed by atoms with Crippen molar-refractivity contribution >= 4 is 23.5 Å². The molecule has 0 saturated carbocycles. The molecule has 7 heteroatoms. The van der Waals surface area contributed by atoms with Crippen molar-refractivity contribution in [2.45, 2.75) is 13.0 Å². The molecule has 106 valence electrons. The molecular weight excluding hydrogens is 264 g/mol. The van der Waals surface area contributed by atoms with Crippen LogP contribution in [0.1, 0.15) is 17.3 Å². The molecule has 0 aromatic heterocycles. The number of nitrogens with one attached hydrogen (secondary N) is 1. The van der Waals surface area contributed by atoms with E-state index in [9.17, 15) is 14.4 Å². The van der Waals surface area contributed by atoms with Gasteiger partial charge in [0, 0.05) is 12.6 Å². The van der Waals surface area contributed by atoms with E-state index < -0.39 is 24.5 Å². The van der Waals surface area contributed by atoms with Crippen LogP contribution in [0.25, 0.3) is 0 Å². The van der Waals surface area contributed by atoms with Crippen LogP contribution >= 0.6 is 0 Å². The number of carboxylic acids is 1. The van der Waals surface area contributed by atoms with Crippen molar-refractivity contribution in [1.29, 1.82) is 0 Å². The van der Waals surface area contributed by atoms with Gasteiger partial charge in [-0.25, -0.2) is 0 Å². The summed E-state index contributed by atoms with van der Waals surface area (Å²) >= 11 is 0. The SMILES string of the molecule is CC1Oc2ccc(C(=O)N(C)CC(=O)O)cc2NC1=O. The second-order valence-electron chi connectivity index (χ2n) is 4.52. The molecule has 0 aliphatic carbocycles. The molecule has 0 fully saturated rings. The molecule has 2 amide bonds. The Morgan fingerprint density at radius 3 is 2.80 bits per heavy atom. The van der Waals surface area contributed by atoms with E-state index in [4.69, 9.17) is 9.84 Å². The molecule has 0 radical (unpaired) electrons. The summed E-state index contributed by atoms with van der Waals surface area (Å²) in [5.74, 6) is -1.34. The number of likely N-dealkylation sites (N-methyl/N-ethyl adjacent to an activating group) is 1. The lowest BCUT2D eigenvalue weighted by atomic mass is 10.1. The van der Waals surface area contributed by atoms with Crippen LogP contribution in [-0.4, -0.2) is 47.5 Å². The van der Waals surface area contributed by atoms with E-state index in [-0.39, 0.29) is 11.5 Å². The fraction of sp³-hybridized carbons (Fsp3) is 0.308. The highest BCUT2D eigenvalue weighted by atomic mass is 16.5. The Balaban J connectivity index is 2.23. The van der Waals surface area contributed by atoms with Crippen LogP contribution in [-0.2, 0) is 9.59 Å². The first-order valence-corrected chi connectivity index (χ1v) is 5.97. The predicted molar refractivity (Wildman–Crippen MR) is 69.8 cm³/mol. The fourth-order valence-corrected chi connectivity index (χ4v) is 1.84. The van der Waals surface area contributed by atoms with Crippen molar-refractivity contribution < 1.29 is 24.2 Å². The smallest absolute Gasteiger partial charge is 0.323 e. The van der Waals surface area contributed by atoms with Crippen LogP contribution in [0, 0.1) is 0 Å². The van der Waals surface area contributed by atoms with Gasteiger partial charge in [0.25, 0.3) is 11.8 Å². The molecule has 1 atom stereocenters. The van der Waals surface area contributed by atoms with Crippen molar-refractivity contribution in [2.75, 3.05) is 18.9 Å². The Labute approximate surface area is 115 Å². The number of aliphatic carboxylic acids is 1. The maximum Gasteiger partial charge on any atom is 0.323 e. The highest BCUT2D eigenvalue weighted by Crippen LogP contribution is 2.30. The standard InChI is InChI=1S/C13H14N2O5/c1-7-12(18)14-9-5-8(3-4-10(9)20-7)13(19)15(2)6-11(16)17/h3-5,7H,6H2,1-2H3,(H,14,18)(H,16,17). The molecule has 1 aliphatic heterocycles. The molecule has 1 aliphatic rings. The Hall–Kier alpha value is -2.57. The maximum absolute atomic E-state index is 12.0. The zero-order chi connectivity index (χ0) is 14.9. The van der Waals surface area contributed by atoms with Crippen LogP contribution < -0.4 is 10.1 Å². The summed E-state index contributed by atoms with van der Waals surface area (Å²) in [5.41, 5.74) is 0.689. The summed E-state index contributed by atoms with van der Waals surface area (Å²) in [7, 11) is 1.40. The van der Waals surface area contributed by atoms with E-state index in [1.807, 2.05) is 0 Å². The summed E-state index contributed by atoms with van der Waals surface area (Å²) in [4.78, 5) is 35.2. The van der Waals surface area contributed by atoms with Crippen molar-refractivity contribution in [3.8, 4) is 5.75 Å². The van der Waals surface area contributed by atoms with E-state index in [1.54, 1.807) is 13.0 Å². The number of fused-ring (bicyclic) bond motifs is 1. The molecule has 0 saturated heterocycles. The Morgan fingerprint density at radius 2 is 2.15 bits per heavy atom. The quantitative estimate of drug-likeness (QED) is 0.842. The maximum atomic E-state index is 12.0. The molecule has 1 aromatic rings. The van der Waals surface area contributed by atoms with Gasteiger partial charge < -0.3 is 20.1 Å². The monoisotopic (exact) mass is 278 g/mol. The highest BCUT2D eigenvalue weighted by molar-refractivity contribution is 6.01. The predicted octanol–water partition coefficient (Wildman–Crippen LogP) is 0.563. The molecule has 2 N–H and O–H groups in total. The fourth-order valence-electron chi connectivity index (χ4n) is 1.84. The molecule has 1 unspecified atom stereocenters.